The van der Waals surface area contributed by atoms with Gasteiger partial charge in [-0.15, -0.1) is 0 Å². The molecule has 0 radical (unpaired) electrons. The Morgan fingerprint density at radius 1 is 1.25 bits per heavy atom. The second kappa shape index (κ2) is 9.55. The maximum atomic E-state index is 12.4. The molecule has 2 aromatic rings. The highest BCUT2D eigenvalue weighted by Crippen LogP contribution is 2.31. The van der Waals surface area contributed by atoms with Crippen LogP contribution in [0.25, 0.3) is 0 Å². The lowest BCUT2D eigenvalue weighted by Gasteiger charge is -2.19. The van der Waals surface area contributed by atoms with Gasteiger partial charge in [0.2, 0.25) is 5.91 Å². The Kier molecular flexibility index (Phi) is 6.87. The normalized spacial score (nSPS) is 19.8. The van der Waals surface area contributed by atoms with Gasteiger partial charge in [0.15, 0.2) is 11.5 Å². The first-order valence-corrected chi connectivity index (χ1v) is 9.81. The minimum absolute atomic E-state index is 0.0480. The number of carbonyl (C=O) groups excluding carboxylic acids is 1. The number of nitrogens with one attached hydrogen (secondary N) is 1. The molecule has 28 heavy (non-hydrogen) atoms. The van der Waals surface area contributed by atoms with Crippen LogP contribution in [0.3, 0.4) is 0 Å². The van der Waals surface area contributed by atoms with E-state index in [4.69, 9.17) is 15.2 Å². The minimum atomic E-state index is -0.117. The maximum Gasteiger partial charge on any atom is 0.220 e. The monoisotopic (exact) mass is 383 g/mol. The van der Waals surface area contributed by atoms with Gasteiger partial charge in [-0.05, 0) is 61.1 Å². The average Bonchev–Trinajstić information content (AvgIpc) is 3.11. The van der Waals surface area contributed by atoms with Crippen molar-refractivity contribution in [2.75, 3.05) is 7.11 Å². The SMILES string of the molecule is COc1cc(C(C)NC(=O)C[C@@H]2CCC[C@H]2N)ccc1OCc1ccncc1. The number of nitrogens with zero attached hydrogens (tertiary/aromatic N) is 1. The Morgan fingerprint density at radius 3 is 2.71 bits per heavy atom. The van der Waals surface area contributed by atoms with Crippen molar-refractivity contribution in [2.24, 2.45) is 11.7 Å². The molecule has 0 saturated heterocycles. The fourth-order valence-electron chi connectivity index (χ4n) is 3.65. The molecule has 0 bridgehead atoms. The molecule has 0 spiro atoms. The van der Waals surface area contributed by atoms with Crippen molar-refractivity contribution >= 4 is 5.91 Å². The summed E-state index contributed by atoms with van der Waals surface area (Å²) in [6, 6.07) is 9.60. The van der Waals surface area contributed by atoms with Crippen LogP contribution in [0.15, 0.2) is 42.7 Å². The van der Waals surface area contributed by atoms with E-state index in [1.54, 1.807) is 19.5 Å². The highest BCUT2D eigenvalue weighted by molar-refractivity contribution is 5.76. The van der Waals surface area contributed by atoms with Crippen LogP contribution < -0.4 is 20.5 Å². The molecule has 150 valence electrons. The molecular formula is C22H29N3O3. The number of pyridine rings is 1. The first-order chi connectivity index (χ1) is 13.6. The predicted molar refractivity (Wildman–Crippen MR) is 108 cm³/mol. The molecule has 1 aliphatic carbocycles. The number of methoxy groups -OCH3 is 1. The summed E-state index contributed by atoms with van der Waals surface area (Å²) >= 11 is 0. The molecule has 6 nitrogen and oxygen atoms in total. The van der Waals surface area contributed by atoms with Crippen LogP contribution in [0.4, 0.5) is 0 Å². The van der Waals surface area contributed by atoms with E-state index in [2.05, 4.69) is 10.3 Å². The Labute approximate surface area is 166 Å². The molecular weight excluding hydrogens is 354 g/mol. The van der Waals surface area contributed by atoms with Gasteiger partial charge in [0.1, 0.15) is 6.61 Å². The molecule has 1 aromatic heterocycles. The molecule has 1 heterocycles. The summed E-state index contributed by atoms with van der Waals surface area (Å²) in [7, 11) is 1.61. The summed E-state index contributed by atoms with van der Waals surface area (Å²) in [5.74, 6) is 1.65. The summed E-state index contributed by atoms with van der Waals surface area (Å²) in [6.07, 6.45) is 7.15. The summed E-state index contributed by atoms with van der Waals surface area (Å²) in [4.78, 5) is 16.4. The maximum absolute atomic E-state index is 12.4. The molecule has 1 fully saturated rings. The Balaban J connectivity index is 1.59. The van der Waals surface area contributed by atoms with Crippen LogP contribution >= 0.6 is 0 Å². The molecule has 3 rings (SSSR count). The second-order valence-electron chi connectivity index (χ2n) is 7.40. The van der Waals surface area contributed by atoms with Gasteiger partial charge in [-0.25, -0.2) is 0 Å². The van der Waals surface area contributed by atoms with Gasteiger partial charge in [0, 0.05) is 24.9 Å². The van der Waals surface area contributed by atoms with E-state index in [0.717, 1.165) is 30.4 Å². The smallest absolute Gasteiger partial charge is 0.220 e. The lowest BCUT2D eigenvalue weighted by atomic mass is 9.99. The van der Waals surface area contributed by atoms with E-state index in [-0.39, 0.29) is 18.0 Å². The minimum Gasteiger partial charge on any atom is -0.493 e. The summed E-state index contributed by atoms with van der Waals surface area (Å²) in [5, 5.41) is 3.07. The van der Waals surface area contributed by atoms with Gasteiger partial charge in [0.05, 0.1) is 13.2 Å². The van der Waals surface area contributed by atoms with E-state index in [9.17, 15) is 4.79 Å². The molecule has 1 saturated carbocycles. The molecule has 1 aromatic carbocycles. The Morgan fingerprint density at radius 2 is 2.04 bits per heavy atom. The largest absolute Gasteiger partial charge is 0.493 e. The van der Waals surface area contributed by atoms with E-state index in [0.29, 0.717) is 30.4 Å². The van der Waals surface area contributed by atoms with Gasteiger partial charge < -0.3 is 20.5 Å². The van der Waals surface area contributed by atoms with Crippen LogP contribution in [0.2, 0.25) is 0 Å². The lowest BCUT2D eigenvalue weighted by Crippen LogP contribution is -2.32. The number of aromatic nitrogens is 1. The topological polar surface area (TPSA) is 86.5 Å². The molecule has 6 heteroatoms. The Bertz CT molecular complexity index is 782. The van der Waals surface area contributed by atoms with Gasteiger partial charge >= 0.3 is 0 Å². The molecule has 0 aliphatic heterocycles. The summed E-state index contributed by atoms with van der Waals surface area (Å²) in [6.45, 7) is 2.41. The van der Waals surface area contributed by atoms with Crippen LogP contribution in [-0.2, 0) is 11.4 Å². The van der Waals surface area contributed by atoms with Gasteiger partial charge in [-0.3, -0.25) is 9.78 Å². The van der Waals surface area contributed by atoms with Crippen molar-refractivity contribution in [1.29, 1.82) is 0 Å². The zero-order valence-corrected chi connectivity index (χ0v) is 16.6. The third-order valence-electron chi connectivity index (χ3n) is 5.37. The van der Waals surface area contributed by atoms with Crippen LogP contribution in [0, 0.1) is 5.92 Å². The number of benzene rings is 1. The molecule has 1 aliphatic rings. The molecule has 3 N–H and O–H groups in total. The van der Waals surface area contributed by atoms with Crippen molar-refractivity contribution < 1.29 is 14.3 Å². The molecule has 3 atom stereocenters. The zero-order chi connectivity index (χ0) is 19.9. The second-order valence-corrected chi connectivity index (χ2v) is 7.40. The van der Waals surface area contributed by atoms with Crippen molar-refractivity contribution in [2.45, 2.75) is 51.3 Å². The van der Waals surface area contributed by atoms with E-state index in [1.807, 2.05) is 37.3 Å². The number of ether oxygens (including phenoxy) is 2. The Hall–Kier alpha value is -2.60. The summed E-state index contributed by atoms with van der Waals surface area (Å²) < 4.78 is 11.4. The van der Waals surface area contributed by atoms with Crippen molar-refractivity contribution in [1.82, 2.24) is 10.3 Å². The fourth-order valence-corrected chi connectivity index (χ4v) is 3.65. The molecule has 1 amide bonds. The van der Waals surface area contributed by atoms with Crippen LogP contribution in [0.1, 0.15) is 49.8 Å². The van der Waals surface area contributed by atoms with Gasteiger partial charge in [-0.2, -0.15) is 0 Å². The zero-order valence-electron chi connectivity index (χ0n) is 16.6. The summed E-state index contributed by atoms with van der Waals surface area (Å²) in [5.41, 5.74) is 8.08. The van der Waals surface area contributed by atoms with Crippen molar-refractivity contribution in [3.63, 3.8) is 0 Å². The molecule has 1 unspecified atom stereocenters. The van der Waals surface area contributed by atoms with Crippen molar-refractivity contribution in [3.8, 4) is 11.5 Å². The number of rotatable bonds is 8. The van der Waals surface area contributed by atoms with Gasteiger partial charge in [-0.1, -0.05) is 12.5 Å². The fraction of sp³-hybridized carbons (Fsp3) is 0.455. The van der Waals surface area contributed by atoms with E-state index < -0.39 is 0 Å². The van der Waals surface area contributed by atoms with Crippen molar-refractivity contribution in [3.05, 3.63) is 53.9 Å². The quantitative estimate of drug-likeness (QED) is 0.730. The van der Waals surface area contributed by atoms with Crippen LogP contribution in [0.5, 0.6) is 11.5 Å². The predicted octanol–water partition coefficient (Wildman–Crippen LogP) is 3.36. The first-order valence-electron chi connectivity index (χ1n) is 9.81. The number of hydrogen-bond acceptors (Lipinski definition) is 5. The third kappa shape index (κ3) is 5.23. The highest BCUT2D eigenvalue weighted by atomic mass is 16.5. The number of amides is 1. The number of nitrogens with two attached hydrogens (primary N) is 1. The number of hydrogen-bond donors (Lipinski definition) is 2. The first kappa shape index (κ1) is 20.1. The lowest BCUT2D eigenvalue weighted by molar-refractivity contribution is -0.122. The highest BCUT2D eigenvalue weighted by Gasteiger charge is 2.26. The van der Waals surface area contributed by atoms with E-state index >= 15 is 0 Å². The van der Waals surface area contributed by atoms with Crippen LogP contribution in [-0.4, -0.2) is 24.0 Å². The average molecular weight is 383 g/mol. The standard InChI is InChI=1S/C22H29N3O3/c1-15(25-22(26)13-18-4-3-5-19(18)23)17-6-7-20(21(12-17)27-2)28-14-16-8-10-24-11-9-16/h6-12,15,18-19H,3-5,13-14,23H2,1-2H3,(H,25,26)/t15?,18-,19+/m0/s1. The van der Waals surface area contributed by atoms with E-state index in [1.165, 1.54) is 0 Å². The number of carbonyl (C=O) groups is 1. The third-order valence-corrected chi connectivity index (χ3v) is 5.37. The van der Waals surface area contributed by atoms with Gasteiger partial charge in [0.25, 0.3) is 0 Å².